The zero-order valence-corrected chi connectivity index (χ0v) is 12.9. The number of nitrogens with one attached hydrogen (secondary N) is 2. The predicted molar refractivity (Wildman–Crippen MR) is 82.3 cm³/mol. The lowest BCUT2D eigenvalue weighted by atomic mass is 10.1. The molecule has 1 aromatic carbocycles. The van der Waals surface area contributed by atoms with Gasteiger partial charge in [0.25, 0.3) is 5.91 Å². The molecule has 2 amide bonds. The standard InChI is InChI=1S/C16H21N3O3/c1-12-4-5-14(13(2)10-12)22-11-16(21)19-9-3-8-18-15(20)6-7-17/h4-5,10H,3,6,8-9,11H2,1-2H3,(H,18,20)(H,19,21). The smallest absolute Gasteiger partial charge is 0.257 e. The van der Waals surface area contributed by atoms with Gasteiger partial charge in [-0.05, 0) is 31.9 Å². The lowest BCUT2D eigenvalue weighted by molar-refractivity contribution is -0.123. The Morgan fingerprint density at radius 1 is 1.18 bits per heavy atom. The molecule has 0 heterocycles. The van der Waals surface area contributed by atoms with Crippen LogP contribution in [-0.2, 0) is 9.59 Å². The van der Waals surface area contributed by atoms with Crippen molar-refractivity contribution in [2.24, 2.45) is 0 Å². The number of carbonyl (C=O) groups is 2. The first-order valence-corrected chi connectivity index (χ1v) is 7.13. The van der Waals surface area contributed by atoms with Crippen molar-refractivity contribution in [3.05, 3.63) is 29.3 Å². The van der Waals surface area contributed by atoms with Gasteiger partial charge in [0.1, 0.15) is 12.2 Å². The summed E-state index contributed by atoms with van der Waals surface area (Å²) in [5.74, 6) is 0.194. The molecule has 0 bridgehead atoms. The monoisotopic (exact) mass is 303 g/mol. The molecule has 1 aromatic rings. The number of nitriles is 1. The van der Waals surface area contributed by atoms with Crippen molar-refractivity contribution in [2.75, 3.05) is 19.7 Å². The summed E-state index contributed by atoms with van der Waals surface area (Å²) < 4.78 is 5.46. The van der Waals surface area contributed by atoms with Crippen LogP contribution in [-0.4, -0.2) is 31.5 Å². The van der Waals surface area contributed by atoms with Gasteiger partial charge >= 0.3 is 0 Å². The summed E-state index contributed by atoms with van der Waals surface area (Å²) in [6.07, 6.45) is 0.461. The second kappa shape index (κ2) is 9.40. The summed E-state index contributed by atoms with van der Waals surface area (Å²) >= 11 is 0. The van der Waals surface area contributed by atoms with E-state index in [4.69, 9.17) is 10.00 Å². The number of hydrogen-bond donors (Lipinski definition) is 2. The van der Waals surface area contributed by atoms with Gasteiger partial charge in [-0.15, -0.1) is 0 Å². The van der Waals surface area contributed by atoms with E-state index in [1.165, 1.54) is 0 Å². The first-order chi connectivity index (χ1) is 10.5. The lowest BCUT2D eigenvalue weighted by Crippen LogP contribution is -2.32. The summed E-state index contributed by atoms with van der Waals surface area (Å²) in [4.78, 5) is 22.6. The second-order valence-corrected chi connectivity index (χ2v) is 4.95. The summed E-state index contributed by atoms with van der Waals surface area (Å²) in [6.45, 7) is 4.77. The Morgan fingerprint density at radius 2 is 1.86 bits per heavy atom. The Morgan fingerprint density at radius 3 is 2.50 bits per heavy atom. The van der Waals surface area contributed by atoms with Crippen molar-refractivity contribution in [1.29, 1.82) is 5.26 Å². The molecule has 0 radical (unpaired) electrons. The van der Waals surface area contributed by atoms with E-state index in [9.17, 15) is 9.59 Å². The Kier molecular flexibility index (Phi) is 7.48. The first-order valence-electron chi connectivity index (χ1n) is 7.13. The number of rotatable bonds is 8. The zero-order chi connectivity index (χ0) is 16.4. The van der Waals surface area contributed by atoms with E-state index in [1.54, 1.807) is 6.07 Å². The molecule has 22 heavy (non-hydrogen) atoms. The molecule has 0 fully saturated rings. The molecule has 0 saturated heterocycles. The van der Waals surface area contributed by atoms with Crippen molar-refractivity contribution >= 4 is 11.8 Å². The number of nitrogens with zero attached hydrogens (tertiary/aromatic N) is 1. The molecule has 0 unspecified atom stereocenters. The van der Waals surface area contributed by atoms with Crippen LogP contribution in [0.1, 0.15) is 24.0 Å². The van der Waals surface area contributed by atoms with Crippen LogP contribution in [0.25, 0.3) is 0 Å². The Bertz CT molecular complexity index is 564. The number of carbonyl (C=O) groups excluding carboxylic acids is 2. The van der Waals surface area contributed by atoms with Gasteiger partial charge in [0, 0.05) is 13.1 Å². The highest BCUT2D eigenvalue weighted by Crippen LogP contribution is 2.18. The van der Waals surface area contributed by atoms with Crippen LogP contribution >= 0.6 is 0 Å². The molecule has 0 spiro atoms. The van der Waals surface area contributed by atoms with Crippen molar-refractivity contribution in [3.8, 4) is 11.8 Å². The number of amides is 2. The molecule has 1 rings (SSSR count). The average molecular weight is 303 g/mol. The highest BCUT2D eigenvalue weighted by Gasteiger charge is 2.05. The van der Waals surface area contributed by atoms with Crippen molar-refractivity contribution in [1.82, 2.24) is 10.6 Å². The van der Waals surface area contributed by atoms with E-state index < -0.39 is 0 Å². The SMILES string of the molecule is Cc1ccc(OCC(=O)NCCCNC(=O)CC#N)c(C)c1. The lowest BCUT2D eigenvalue weighted by Gasteiger charge is -2.10. The second-order valence-electron chi connectivity index (χ2n) is 4.95. The number of hydrogen-bond acceptors (Lipinski definition) is 4. The molecule has 6 heteroatoms. The van der Waals surface area contributed by atoms with E-state index in [0.717, 1.165) is 11.1 Å². The quantitative estimate of drug-likeness (QED) is 0.706. The largest absolute Gasteiger partial charge is 0.484 e. The number of ether oxygens (including phenoxy) is 1. The molecule has 0 atom stereocenters. The van der Waals surface area contributed by atoms with Gasteiger partial charge in [0.2, 0.25) is 5.91 Å². The normalized spacial score (nSPS) is 9.68. The number of benzene rings is 1. The van der Waals surface area contributed by atoms with Gasteiger partial charge in [0.05, 0.1) is 6.07 Å². The highest BCUT2D eigenvalue weighted by atomic mass is 16.5. The fraction of sp³-hybridized carbons (Fsp3) is 0.438. The van der Waals surface area contributed by atoms with Crippen LogP contribution in [0.4, 0.5) is 0 Å². The minimum Gasteiger partial charge on any atom is -0.484 e. The van der Waals surface area contributed by atoms with E-state index in [0.29, 0.717) is 25.3 Å². The van der Waals surface area contributed by atoms with Crippen LogP contribution < -0.4 is 15.4 Å². The minimum absolute atomic E-state index is 0.0370. The van der Waals surface area contributed by atoms with Gasteiger partial charge in [-0.2, -0.15) is 5.26 Å². The van der Waals surface area contributed by atoms with Crippen molar-refractivity contribution < 1.29 is 14.3 Å². The van der Waals surface area contributed by atoms with Crippen LogP contribution in [0, 0.1) is 25.2 Å². The van der Waals surface area contributed by atoms with Gasteiger partial charge in [-0.1, -0.05) is 17.7 Å². The predicted octanol–water partition coefficient (Wildman–Crippen LogP) is 1.22. The molecule has 2 N–H and O–H groups in total. The molecular weight excluding hydrogens is 282 g/mol. The molecular formula is C16H21N3O3. The Balaban J connectivity index is 2.16. The molecule has 6 nitrogen and oxygen atoms in total. The van der Waals surface area contributed by atoms with Gasteiger partial charge in [0.15, 0.2) is 6.61 Å². The van der Waals surface area contributed by atoms with E-state index in [2.05, 4.69) is 10.6 Å². The minimum atomic E-state index is -0.299. The first kappa shape index (κ1) is 17.5. The van der Waals surface area contributed by atoms with Gasteiger partial charge < -0.3 is 15.4 Å². The molecule has 0 aromatic heterocycles. The Hall–Kier alpha value is -2.55. The third-order valence-electron chi connectivity index (χ3n) is 2.93. The third-order valence-corrected chi connectivity index (χ3v) is 2.93. The third kappa shape index (κ3) is 6.75. The topological polar surface area (TPSA) is 91.2 Å². The van der Waals surface area contributed by atoms with E-state index in [1.807, 2.05) is 32.0 Å². The molecule has 0 saturated carbocycles. The van der Waals surface area contributed by atoms with Crippen LogP contribution in [0.3, 0.4) is 0 Å². The molecule has 0 aliphatic heterocycles. The fourth-order valence-electron chi connectivity index (χ4n) is 1.83. The summed E-state index contributed by atoms with van der Waals surface area (Å²) in [5, 5.41) is 13.6. The van der Waals surface area contributed by atoms with Gasteiger partial charge in [-0.25, -0.2) is 0 Å². The molecule has 118 valence electrons. The zero-order valence-electron chi connectivity index (χ0n) is 12.9. The fourth-order valence-corrected chi connectivity index (χ4v) is 1.83. The van der Waals surface area contributed by atoms with Crippen LogP contribution in [0.5, 0.6) is 5.75 Å². The summed E-state index contributed by atoms with van der Waals surface area (Å²) in [7, 11) is 0. The number of aryl methyl sites for hydroxylation is 2. The molecule has 0 aliphatic carbocycles. The van der Waals surface area contributed by atoms with Crippen molar-refractivity contribution in [2.45, 2.75) is 26.7 Å². The van der Waals surface area contributed by atoms with E-state index >= 15 is 0 Å². The van der Waals surface area contributed by atoms with Crippen LogP contribution in [0.2, 0.25) is 0 Å². The average Bonchev–Trinajstić information content (AvgIpc) is 2.46. The maximum absolute atomic E-state index is 11.6. The van der Waals surface area contributed by atoms with Crippen molar-refractivity contribution in [3.63, 3.8) is 0 Å². The van der Waals surface area contributed by atoms with E-state index in [-0.39, 0.29) is 24.8 Å². The summed E-state index contributed by atoms with van der Waals surface area (Å²) in [6, 6.07) is 7.55. The molecule has 0 aliphatic rings. The van der Waals surface area contributed by atoms with Crippen LogP contribution in [0.15, 0.2) is 18.2 Å². The van der Waals surface area contributed by atoms with Gasteiger partial charge in [-0.3, -0.25) is 9.59 Å². The summed E-state index contributed by atoms with van der Waals surface area (Å²) in [5.41, 5.74) is 2.14. The highest BCUT2D eigenvalue weighted by molar-refractivity contribution is 5.78. The Labute approximate surface area is 130 Å². The maximum Gasteiger partial charge on any atom is 0.257 e. The maximum atomic E-state index is 11.6.